The normalized spacial score (nSPS) is 18.1. The van der Waals surface area contributed by atoms with Crippen molar-refractivity contribution in [1.82, 2.24) is 10.2 Å². The maximum Gasteiger partial charge on any atom is 0.248 e. The number of Topliss-reactive ketones (excluding diaryl/α,β-unsaturated/α-hetero) is 1. The van der Waals surface area contributed by atoms with Gasteiger partial charge >= 0.3 is 0 Å². The third-order valence-corrected chi connectivity index (χ3v) is 3.22. The summed E-state index contributed by atoms with van der Waals surface area (Å²) in [6, 6.07) is 0. The molecular weight excluding hydrogens is 254 g/mol. The van der Waals surface area contributed by atoms with Crippen LogP contribution in [0.4, 0.5) is 0 Å². The monoisotopic (exact) mass is 279 g/mol. The third-order valence-electron chi connectivity index (χ3n) is 3.22. The highest BCUT2D eigenvalue weighted by Crippen LogP contribution is 2.29. The van der Waals surface area contributed by atoms with E-state index in [4.69, 9.17) is 0 Å². The van der Waals surface area contributed by atoms with Gasteiger partial charge in [-0.3, -0.25) is 14.6 Å². The van der Waals surface area contributed by atoms with E-state index >= 15 is 0 Å². The molecule has 0 radical (unpaired) electrons. The van der Waals surface area contributed by atoms with Crippen molar-refractivity contribution < 1.29 is 9.59 Å². The Balaban J connectivity index is 2.91. The molecule has 1 aliphatic heterocycles. The van der Waals surface area contributed by atoms with Crippen molar-refractivity contribution in [1.29, 1.82) is 0 Å². The SMILES string of the molecule is CC(=O)C1=C(C(=O)NCCN(C)C)CC(C)(C)CN=C1. The molecule has 0 aliphatic carbocycles. The molecule has 0 aromatic carbocycles. The van der Waals surface area contributed by atoms with E-state index in [0.29, 0.717) is 30.7 Å². The smallest absolute Gasteiger partial charge is 0.248 e. The second-order valence-electron chi connectivity index (χ2n) is 6.32. The third kappa shape index (κ3) is 4.89. The molecule has 1 heterocycles. The van der Waals surface area contributed by atoms with Crippen molar-refractivity contribution in [2.75, 3.05) is 33.7 Å². The van der Waals surface area contributed by atoms with Crippen LogP contribution in [0, 0.1) is 5.41 Å². The molecule has 0 atom stereocenters. The van der Waals surface area contributed by atoms with Gasteiger partial charge in [0.15, 0.2) is 5.78 Å². The van der Waals surface area contributed by atoms with Gasteiger partial charge in [0.25, 0.3) is 0 Å². The van der Waals surface area contributed by atoms with Gasteiger partial charge in [0, 0.05) is 37.0 Å². The molecule has 112 valence electrons. The standard InChI is InChI=1S/C15H25N3O2/c1-11(19)13-9-16-10-15(2,3)8-12(13)14(20)17-6-7-18(4)5/h9H,6-8,10H2,1-5H3,(H,17,20). The number of nitrogens with one attached hydrogen (secondary N) is 1. The largest absolute Gasteiger partial charge is 0.351 e. The number of carbonyl (C=O) groups excluding carboxylic acids is 2. The van der Waals surface area contributed by atoms with Gasteiger partial charge in [0.2, 0.25) is 5.91 Å². The van der Waals surface area contributed by atoms with Crippen molar-refractivity contribution in [3.8, 4) is 0 Å². The van der Waals surface area contributed by atoms with Gasteiger partial charge in [-0.05, 0) is 32.9 Å². The Morgan fingerprint density at radius 3 is 2.60 bits per heavy atom. The van der Waals surface area contributed by atoms with Crippen molar-refractivity contribution >= 4 is 17.9 Å². The fourth-order valence-electron chi connectivity index (χ4n) is 2.10. The van der Waals surface area contributed by atoms with Crippen LogP contribution in [0.1, 0.15) is 27.2 Å². The molecule has 1 aliphatic rings. The summed E-state index contributed by atoms with van der Waals surface area (Å²) in [6.07, 6.45) is 2.12. The number of hydrogen-bond acceptors (Lipinski definition) is 4. The van der Waals surface area contributed by atoms with Crippen LogP contribution in [0.25, 0.3) is 0 Å². The predicted molar refractivity (Wildman–Crippen MR) is 81.0 cm³/mol. The summed E-state index contributed by atoms with van der Waals surface area (Å²) < 4.78 is 0. The highest BCUT2D eigenvalue weighted by atomic mass is 16.2. The van der Waals surface area contributed by atoms with E-state index in [2.05, 4.69) is 24.2 Å². The first-order valence-corrected chi connectivity index (χ1v) is 6.90. The van der Waals surface area contributed by atoms with E-state index in [0.717, 1.165) is 6.54 Å². The number of amides is 1. The van der Waals surface area contributed by atoms with Gasteiger partial charge in [-0.2, -0.15) is 0 Å². The molecule has 20 heavy (non-hydrogen) atoms. The van der Waals surface area contributed by atoms with Crippen molar-refractivity contribution in [2.45, 2.75) is 27.2 Å². The molecule has 0 fully saturated rings. The fourth-order valence-corrected chi connectivity index (χ4v) is 2.10. The topological polar surface area (TPSA) is 61.8 Å². The van der Waals surface area contributed by atoms with Gasteiger partial charge in [-0.25, -0.2) is 0 Å². The van der Waals surface area contributed by atoms with E-state index in [1.54, 1.807) is 6.21 Å². The summed E-state index contributed by atoms with van der Waals surface area (Å²) >= 11 is 0. The number of rotatable bonds is 5. The summed E-state index contributed by atoms with van der Waals surface area (Å²) in [6.45, 7) is 7.55. The minimum Gasteiger partial charge on any atom is -0.351 e. The first kappa shape index (κ1) is 16.6. The number of nitrogens with zero attached hydrogens (tertiary/aromatic N) is 2. The summed E-state index contributed by atoms with van der Waals surface area (Å²) in [4.78, 5) is 30.3. The summed E-state index contributed by atoms with van der Waals surface area (Å²) in [7, 11) is 3.90. The van der Waals surface area contributed by atoms with Crippen LogP contribution in [0.2, 0.25) is 0 Å². The summed E-state index contributed by atoms with van der Waals surface area (Å²) in [5.41, 5.74) is 0.891. The average molecular weight is 279 g/mol. The van der Waals surface area contributed by atoms with Crippen LogP contribution in [-0.4, -0.2) is 56.5 Å². The predicted octanol–water partition coefficient (Wildman–Crippen LogP) is 1.05. The second kappa shape index (κ2) is 6.79. The molecule has 0 unspecified atom stereocenters. The molecule has 0 bridgehead atoms. The van der Waals surface area contributed by atoms with Gasteiger partial charge in [0.05, 0.1) is 0 Å². The zero-order valence-electron chi connectivity index (χ0n) is 13.1. The fraction of sp³-hybridized carbons (Fsp3) is 0.667. The lowest BCUT2D eigenvalue weighted by atomic mass is 9.84. The van der Waals surface area contributed by atoms with Gasteiger partial charge in [0.1, 0.15) is 0 Å². The molecule has 0 spiro atoms. The Kier molecular flexibility index (Phi) is 5.62. The summed E-state index contributed by atoms with van der Waals surface area (Å²) in [5, 5.41) is 2.88. The quantitative estimate of drug-likeness (QED) is 0.818. The van der Waals surface area contributed by atoms with Crippen LogP contribution in [0.3, 0.4) is 0 Å². The Bertz CT molecular complexity index is 448. The van der Waals surface area contributed by atoms with Gasteiger partial charge < -0.3 is 10.2 Å². The Morgan fingerprint density at radius 1 is 1.40 bits per heavy atom. The number of likely N-dealkylation sites (N-methyl/N-ethyl adjacent to an activating group) is 1. The van der Waals surface area contributed by atoms with Gasteiger partial charge in [-0.15, -0.1) is 0 Å². The van der Waals surface area contributed by atoms with Gasteiger partial charge in [-0.1, -0.05) is 13.8 Å². The maximum absolute atomic E-state index is 12.3. The van der Waals surface area contributed by atoms with Crippen LogP contribution in [-0.2, 0) is 9.59 Å². The maximum atomic E-state index is 12.3. The highest BCUT2D eigenvalue weighted by Gasteiger charge is 2.28. The minimum absolute atomic E-state index is 0.107. The first-order valence-electron chi connectivity index (χ1n) is 6.90. The van der Waals surface area contributed by atoms with Crippen LogP contribution < -0.4 is 5.32 Å². The first-order chi connectivity index (χ1) is 9.23. The van der Waals surface area contributed by atoms with E-state index in [1.807, 2.05) is 19.0 Å². The van der Waals surface area contributed by atoms with E-state index < -0.39 is 0 Å². The molecule has 0 saturated heterocycles. The Hall–Kier alpha value is -1.49. The second-order valence-corrected chi connectivity index (χ2v) is 6.32. The molecule has 1 amide bonds. The molecule has 1 N–H and O–H groups in total. The number of allylic oxidation sites excluding steroid dienone is 1. The van der Waals surface area contributed by atoms with Crippen molar-refractivity contribution in [2.24, 2.45) is 10.4 Å². The number of aliphatic imine (C=N–C) groups is 1. The molecular formula is C15H25N3O2. The molecule has 1 rings (SSSR count). The lowest BCUT2D eigenvalue weighted by Crippen LogP contribution is -2.34. The number of carbonyl (C=O) groups is 2. The van der Waals surface area contributed by atoms with E-state index in [9.17, 15) is 9.59 Å². The number of ketones is 1. The number of hydrogen-bond donors (Lipinski definition) is 1. The zero-order chi connectivity index (χ0) is 15.3. The average Bonchev–Trinajstić information content (AvgIpc) is 2.46. The molecule has 5 nitrogen and oxygen atoms in total. The van der Waals surface area contributed by atoms with Crippen LogP contribution in [0.5, 0.6) is 0 Å². The zero-order valence-corrected chi connectivity index (χ0v) is 13.1. The van der Waals surface area contributed by atoms with Crippen molar-refractivity contribution in [3.05, 3.63) is 11.1 Å². The lowest BCUT2D eigenvalue weighted by molar-refractivity contribution is -0.119. The van der Waals surface area contributed by atoms with Crippen molar-refractivity contribution in [3.63, 3.8) is 0 Å². The highest BCUT2D eigenvalue weighted by molar-refractivity contribution is 6.18. The van der Waals surface area contributed by atoms with E-state index in [-0.39, 0.29) is 17.1 Å². The molecule has 0 aromatic heterocycles. The van der Waals surface area contributed by atoms with Crippen LogP contribution in [0.15, 0.2) is 16.1 Å². The lowest BCUT2D eigenvalue weighted by Gasteiger charge is -2.22. The van der Waals surface area contributed by atoms with Crippen LogP contribution >= 0.6 is 0 Å². The minimum atomic E-state index is -0.154. The molecule has 0 aromatic rings. The Labute approximate surface area is 121 Å². The summed E-state index contributed by atoms with van der Waals surface area (Å²) in [5.74, 6) is -0.261. The van der Waals surface area contributed by atoms with E-state index in [1.165, 1.54) is 6.92 Å². The Morgan fingerprint density at radius 2 is 2.05 bits per heavy atom. The molecule has 5 heteroatoms. The molecule has 0 saturated carbocycles.